The smallest absolute Gasteiger partial charge is 0.233 e. The molecule has 24 heavy (non-hydrogen) atoms. The number of thiophene rings is 1. The van der Waals surface area contributed by atoms with Crippen LogP contribution in [0.15, 0.2) is 46.7 Å². The second-order valence-electron chi connectivity index (χ2n) is 5.70. The summed E-state index contributed by atoms with van der Waals surface area (Å²) in [4.78, 5) is 19.3. The monoisotopic (exact) mass is 362 g/mol. The number of piperazine rings is 1. The second-order valence-corrected chi connectivity index (χ2v) is 7.78. The molecule has 0 saturated carbocycles. The van der Waals surface area contributed by atoms with E-state index in [1.807, 2.05) is 29.2 Å². The maximum atomic E-state index is 12.4. The third kappa shape index (κ3) is 4.75. The van der Waals surface area contributed by atoms with Crippen LogP contribution in [0, 0.1) is 0 Å². The zero-order valence-electron chi connectivity index (χ0n) is 13.8. The normalized spacial score (nSPS) is 15.5. The van der Waals surface area contributed by atoms with Gasteiger partial charge in [0.2, 0.25) is 5.91 Å². The Morgan fingerprint density at radius 1 is 1.17 bits per heavy atom. The fourth-order valence-corrected chi connectivity index (χ4v) is 4.23. The Labute approximate surface area is 151 Å². The molecule has 0 bridgehead atoms. The summed E-state index contributed by atoms with van der Waals surface area (Å²) in [7, 11) is 1.66. The highest BCUT2D eigenvalue weighted by Crippen LogP contribution is 2.22. The van der Waals surface area contributed by atoms with E-state index < -0.39 is 0 Å². The predicted octanol–water partition coefficient (Wildman–Crippen LogP) is 3.19. The van der Waals surface area contributed by atoms with Gasteiger partial charge in [-0.2, -0.15) is 0 Å². The van der Waals surface area contributed by atoms with Crippen LogP contribution in [0.2, 0.25) is 0 Å². The van der Waals surface area contributed by atoms with Crippen LogP contribution in [-0.4, -0.2) is 54.7 Å². The minimum atomic E-state index is 0.228. The van der Waals surface area contributed by atoms with Gasteiger partial charge >= 0.3 is 0 Å². The van der Waals surface area contributed by atoms with E-state index in [1.54, 1.807) is 30.2 Å². The lowest BCUT2D eigenvalue weighted by Gasteiger charge is -2.34. The van der Waals surface area contributed by atoms with E-state index in [4.69, 9.17) is 4.74 Å². The first-order chi connectivity index (χ1) is 11.7. The molecule has 1 fully saturated rings. The summed E-state index contributed by atoms with van der Waals surface area (Å²) in [5, 5.41) is 2.12. The summed E-state index contributed by atoms with van der Waals surface area (Å²) >= 11 is 3.38. The van der Waals surface area contributed by atoms with Crippen LogP contribution in [-0.2, 0) is 11.3 Å². The fraction of sp³-hybridized carbons (Fsp3) is 0.389. The highest BCUT2D eigenvalue weighted by atomic mass is 32.2. The van der Waals surface area contributed by atoms with Gasteiger partial charge in [0, 0.05) is 42.5 Å². The number of amides is 1. The van der Waals surface area contributed by atoms with Crippen molar-refractivity contribution in [2.24, 2.45) is 0 Å². The molecule has 1 saturated heterocycles. The third-order valence-corrected chi connectivity index (χ3v) is 5.96. The van der Waals surface area contributed by atoms with E-state index in [0.717, 1.165) is 43.4 Å². The zero-order valence-corrected chi connectivity index (χ0v) is 15.4. The molecule has 0 spiro atoms. The number of hydrogen-bond donors (Lipinski definition) is 0. The van der Waals surface area contributed by atoms with Gasteiger partial charge in [-0.25, -0.2) is 0 Å². The number of carbonyl (C=O) groups is 1. The molecule has 1 aromatic carbocycles. The molecular formula is C18H22N2O2S2. The number of thioether (sulfide) groups is 1. The van der Waals surface area contributed by atoms with E-state index in [-0.39, 0.29) is 5.91 Å². The first-order valence-corrected chi connectivity index (χ1v) is 9.90. The third-order valence-electron chi connectivity index (χ3n) is 4.11. The van der Waals surface area contributed by atoms with Crippen LogP contribution < -0.4 is 4.74 Å². The highest BCUT2D eigenvalue weighted by molar-refractivity contribution is 8.00. The lowest BCUT2D eigenvalue weighted by Crippen LogP contribution is -2.48. The summed E-state index contributed by atoms with van der Waals surface area (Å²) < 4.78 is 5.15. The molecule has 3 rings (SSSR count). The van der Waals surface area contributed by atoms with Gasteiger partial charge in [-0.3, -0.25) is 9.69 Å². The minimum absolute atomic E-state index is 0.228. The molecule has 1 amide bonds. The van der Waals surface area contributed by atoms with Crippen LogP contribution in [0.25, 0.3) is 0 Å². The molecule has 1 aliphatic rings. The van der Waals surface area contributed by atoms with Crippen LogP contribution in [0.4, 0.5) is 0 Å². The Morgan fingerprint density at radius 3 is 2.54 bits per heavy atom. The Balaban J connectivity index is 1.41. The van der Waals surface area contributed by atoms with Gasteiger partial charge in [0.1, 0.15) is 5.75 Å². The molecular weight excluding hydrogens is 340 g/mol. The first-order valence-electron chi connectivity index (χ1n) is 8.04. The molecule has 0 unspecified atom stereocenters. The molecule has 128 valence electrons. The van der Waals surface area contributed by atoms with Crippen molar-refractivity contribution in [2.75, 3.05) is 39.0 Å². The van der Waals surface area contributed by atoms with Crippen molar-refractivity contribution in [2.45, 2.75) is 11.4 Å². The summed E-state index contributed by atoms with van der Waals surface area (Å²) in [6, 6.07) is 12.1. The van der Waals surface area contributed by atoms with Gasteiger partial charge in [-0.1, -0.05) is 6.07 Å². The van der Waals surface area contributed by atoms with E-state index in [0.29, 0.717) is 5.75 Å². The lowest BCUT2D eigenvalue weighted by molar-refractivity contribution is -0.130. The minimum Gasteiger partial charge on any atom is -0.497 e. The number of rotatable bonds is 6. The van der Waals surface area contributed by atoms with Gasteiger partial charge in [-0.05, 0) is 35.7 Å². The van der Waals surface area contributed by atoms with Crippen LogP contribution in [0.1, 0.15) is 4.88 Å². The maximum absolute atomic E-state index is 12.4. The first kappa shape index (κ1) is 17.3. The standard InChI is InChI=1S/C18H22N2O2S2/c1-22-15-4-6-16(7-5-15)24-14-18(21)20-10-8-19(9-11-20)13-17-3-2-12-23-17/h2-7,12H,8-11,13-14H2,1H3. The SMILES string of the molecule is COc1ccc(SCC(=O)N2CCN(Cc3cccs3)CC2)cc1. The molecule has 1 aromatic heterocycles. The number of carbonyl (C=O) groups excluding carboxylic acids is 1. The zero-order chi connectivity index (χ0) is 16.8. The lowest BCUT2D eigenvalue weighted by atomic mass is 10.3. The molecule has 2 aromatic rings. The van der Waals surface area contributed by atoms with Crippen molar-refractivity contribution in [3.63, 3.8) is 0 Å². The molecule has 6 heteroatoms. The fourth-order valence-electron chi connectivity index (χ4n) is 2.69. The van der Waals surface area contributed by atoms with Crippen molar-refractivity contribution in [1.29, 1.82) is 0 Å². The van der Waals surface area contributed by atoms with E-state index in [9.17, 15) is 4.79 Å². The van der Waals surface area contributed by atoms with Gasteiger partial charge in [0.25, 0.3) is 0 Å². The van der Waals surface area contributed by atoms with E-state index in [1.165, 1.54) is 4.88 Å². The van der Waals surface area contributed by atoms with Crippen LogP contribution in [0.3, 0.4) is 0 Å². The van der Waals surface area contributed by atoms with Crippen LogP contribution in [0.5, 0.6) is 5.75 Å². The molecule has 4 nitrogen and oxygen atoms in total. The van der Waals surface area contributed by atoms with Gasteiger partial charge in [-0.15, -0.1) is 23.1 Å². The average Bonchev–Trinajstić information content (AvgIpc) is 3.14. The number of nitrogens with zero attached hydrogens (tertiary/aromatic N) is 2. The topological polar surface area (TPSA) is 32.8 Å². The Morgan fingerprint density at radius 2 is 1.92 bits per heavy atom. The molecule has 0 aliphatic carbocycles. The molecule has 0 radical (unpaired) electrons. The number of benzene rings is 1. The number of ether oxygens (including phenoxy) is 1. The van der Waals surface area contributed by atoms with Crippen molar-refractivity contribution in [3.8, 4) is 5.75 Å². The summed E-state index contributed by atoms with van der Waals surface area (Å²) in [5.74, 6) is 1.57. The molecule has 0 atom stereocenters. The number of methoxy groups -OCH3 is 1. The van der Waals surface area contributed by atoms with Crippen molar-refractivity contribution in [1.82, 2.24) is 9.80 Å². The molecule has 1 aliphatic heterocycles. The summed E-state index contributed by atoms with van der Waals surface area (Å²) in [6.45, 7) is 4.56. The molecule has 0 N–H and O–H groups in total. The maximum Gasteiger partial charge on any atom is 0.233 e. The quantitative estimate of drug-likeness (QED) is 0.739. The van der Waals surface area contributed by atoms with Crippen LogP contribution >= 0.6 is 23.1 Å². The van der Waals surface area contributed by atoms with Gasteiger partial charge in [0.05, 0.1) is 12.9 Å². The second kappa shape index (κ2) is 8.55. The summed E-state index contributed by atoms with van der Waals surface area (Å²) in [5.41, 5.74) is 0. The largest absolute Gasteiger partial charge is 0.497 e. The van der Waals surface area contributed by atoms with Crippen molar-refractivity contribution < 1.29 is 9.53 Å². The van der Waals surface area contributed by atoms with Gasteiger partial charge < -0.3 is 9.64 Å². The summed E-state index contributed by atoms with van der Waals surface area (Å²) in [6.07, 6.45) is 0. The average molecular weight is 363 g/mol. The van der Waals surface area contributed by atoms with Crippen molar-refractivity contribution in [3.05, 3.63) is 46.7 Å². The highest BCUT2D eigenvalue weighted by Gasteiger charge is 2.21. The van der Waals surface area contributed by atoms with E-state index >= 15 is 0 Å². The van der Waals surface area contributed by atoms with Gasteiger partial charge in [0.15, 0.2) is 0 Å². The van der Waals surface area contributed by atoms with Crippen molar-refractivity contribution >= 4 is 29.0 Å². The Bertz CT molecular complexity index is 636. The Hall–Kier alpha value is -1.50. The Kier molecular flexibility index (Phi) is 6.18. The predicted molar refractivity (Wildman–Crippen MR) is 99.9 cm³/mol. The molecule has 2 heterocycles. The van der Waals surface area contributed by atoms with E-state index in [2.05, 4.69) is 22.4 Å². The number of hydrogen-bond acceptors (Lipinski definition) is 5.